The van der Waals surface area contributed by atoms with Crippen molar-refractivity contribution >= 4 is 17.6 Å². The average molecular weight is 459 g/mol. The van der Waals surface area contributed by atoms with Crippen molar-refractivity contribution in [2.45, 2.75) is 57.8 Å². The standard InChI is InChI=1S/C30H38N2O2/c33-22-10-5-3-1-2-4-6-11-23-34-30-20-18-29(19-21-30)32-25-27-16-14-26(15-17-27)24-31-28-12-8-7-9-13-28/h7-9,12-16,18-21,24-25,32-33H,1-6,10-11,17,22-23H2. The fourth-order valence-electron chi connectivity index (χ4n) is 3.73. The summed E-state index contributed by atoms with van der Waals surface area (Å²) in [6.07, 6.45) is 20.7. The predicted octanol–water partition coefficient (Wildman–Crippen LogP) is 7.76. The van der Waals surface area contributed by atoms with Crippen LogP contribution in [0.25, 0.3) is 0 Å². The van der Waals surface area contributed by atoms with Gasteiger partial charge in [-0.05, 0) is 66.8 Å². The number of unbranched alkanes of at least 4 members (excludes halogenated alkanes) is 7. The second kappa shape index (κ2) is 15.7. The summed E-state index contributed by atoms with van der Waals surface area (Å²) >= 11 is 0. The molecule has 180 valence electrons. The first kappa shape index (κ1) is 25.5. The number of hydrogen-bond donors (Lipinski definition) is 2. The Labute approximate surface area is 204 Å². The first-order valence-electron chi connectivity index (χ1n) is 12.6. The van der Waals surface area contributed by atoms with E-state index in [1.165, 1.54) is 37.7 Å². The van der Waals surface area contributed by atoms with Crippen molar-refractivity contribution in [2.75, 3.05) is 18.5 Å². The third-order valence-electron chi connectivity index (χ3n) is 5.78. The number of aliphatic hydroxyl groups excluding tert-OH is 1. The Morgan fingerprint density at radius 1 is 0.824 bits per heavy atom. The summed E-state index contributed by atoms with van der Waals surface area (Å²) in [4.78, 5) is 4.51. The number of benzene rings is 2. The van der Waals surface area contributed by atoms with Gasteiger partial charge in [0.15, 0.2) is 0 Å². The molecule has 0 amide bonds. The van der Waals surface area contributed by atoms with Gasteiger partial charge in [0.1, 0.15) is 5.75 Å². The number of allylic oxidation sites excluding steroid dienone is 5. The minimum Gasteiger partial charge on any atom is -0.494 e. The van der Waals surface area contributed by atoms with Crippen molar-refractivity contribution in [3.63, 3.8) is 0 Å². The molecule has 2 aromatic rings. The highest BCUT2D eigenvalue weighted by Gasteiger charge is 2.01. The summed E-state index contributed by atoms with van der Waals surface area (Å²) in [5, 5.41) is 12.2. The first-order chi connectivity index (χ1) is 16.8. The van der Waals surface area contributed by atoms with Gasteiger partial charge in [-0.15, -0.1) is 0 Å². The van der Waals surface area contributed by atoms with Crippen molar-refractivity contribution in [1.82, 2.24) is 0 Å². The van der Waals surface area contributed by atoms with Crippen LogP contribution in [0.4, 0.5) is 11.4 Å². The van der Waals surface area contributed by atoms with Crippen LogP contribution in [0.3, 0.4) is 0 Å². The van der Waals surface area contributed by atoms with Gasteiger partial charge in [-0.25, -0.2) is 0 Å². The lowest BCUT2D eigenvalue weighted by atomic mass is 10.0. The summed E-state index contributed by atoms with van der Waals surface area (Å²) in [5.41, 5.74) is 4.37. The number of nitrogens with zero attached hydrogens (tertiary/aromatic N) is 1. The van der Waals surface area contributed by atoms with E-state index in [9.17, 15) is 0 Å². The fourth-order valence-corrected chi connectivity index (χ4v) is 3.73. The largest absolute Gasteiger partial charge is 0.494 e. The Morgan fingerprint density at radius 2 is 1.53 bits per heavy atom. The summed E-state index contributed by atoms with van der Waals surface area (Å²) < 4.78 is 5.88. The minimum absolute atomic E-state index is 0.327. The van der Waals surface area contributed by atoms with Gasteiger partial charge in [-0.3, -0.25) is 4.99 Å². The molecule has 0 saturated heterocycles. The van der Waals surface area contributed by atoms with Gasteiger partial charge in [0.05, 0.1) is 12.3 Å². The maximum Gasteiger partial charge on any atom is 0.119 e. The van der Waals surface area contributed by atoms with Crippen LogP contribution in [-0.4, -0.2) is 24.5 Å². The summed E-state index contributed by atoms with van der Waals surface area (Å²) in [5.74, 6) is 0.921. The van der Waals surface area contributed by atoms with E-state index in [1.54, 1.807) is 0 Å². The van der Waals surface area contributed by atoms with Gasteiger partial charge >= 0.3 is 0 Å². The fraction of sp³-hybridized carbons (Fsp3) is 0.367. The highest BCUT2D eigenvalue weighted by Crippen LogP contribution is 2.19. The lowest BCUT2D eigenvalue weighted by Gasteiger charge is -2.09. The van der Waals surface area contributed by atoms with Crippen LogP contribution in [0.5, 0.6) is 5.75 Å². The van der Waals surface area contributed by atoms with E-state index in [0.29, 0.717) is 6.61 Å². The molecule has 2 aromatic carbocycles. The van der Waals surface area contributed by atoms with Crippen molar-refractivity contribution < 1.29 is 9.84 Å². The number of ether oxygens (including phenoxy) is 1. The average Bonchev–Trinajstić information content (AvgIpc) is 2.89. The number of hydrogen-bond acceptors (Lipinski definition) is 4. The number of rotatable bonds is 15. The van der Waals surface area contributed by atoms with Crippen molar-refractivity contribution in [2.24, 2.45) is 4.99 Å². The molecule has 0 aromatic heterocycles. The Morgan fingerprint density at radius 3 is 2.21 bits per heavy atom. The number of aliphatic imine (C=N–C) groups is 1. The second-order valence-corrected chi connectivity index (χ2v) is 8.62. The smallest absolute Gasteiger partial charge is 0.119 e. The highest BCUT2D eigenvalue weighted by molar-refractivity contribution is 5.85. The Bertz CT molecular complexity index is 944. The number of para-hydroxylation sites is 1. The maximum atomic E-state index is 8.78. The molecule has 0 unspecified atom stereocenters. The molecule has 0 spiro atoms. The zero-order chi connectivity index (χ0) is 23.7. The normalized spacial score (nSPS) is 14.5. The molecule has 3 rings (SSSR count). The topological polar surface area (TPSA) is 53.9 Å². The maximum absolute atomic E-state index is 8.78. The quantitative estimate of drug-likeness (QED) is 0.212. The van der Waals surface area contributed by atoms with Gasteiger partial charge in [0.25, 0.3) is 0 Å². The van der Waals surface area contributed by atoms with Crippen molar-refractivity contribution in [3.05, 3.63) is 90.2 Å². The number of anilines is 1. The molecular formula is C30H38N2O2. The molecule has 1 aliphatic rings. The molecule has 4 nitrogen and oxygen atoms in total. The van der Waals surface area contributed by atoms with E-state index in [0.717, 1.165) is 55.0 Å². The summed E-state index contributed by atoms with van der Waals surface area (Å²) in [7, 11) is 0. The summed E-state index contributed by atoms with van der Waals surface area (Å²) in [6.45, 7) is 1.10. The number of nitrogens with one attached hydrogen (secondary N) is 1. The SMILES string of the molecule is OCCCCCCCCCCOc1ccc(NC=C2C=CC(C=Nc3ccccc3)=CC2)cc1. The van der Waals surface area contributed by atoms with E-state index < -0.39 is 0 Å². The third-order valence-corrected chi connectivity index (χ3v) is 5.78. The van der Waals surface area contributed by atoms with Crippen molar-refractivity contribution in [1.29, 1.82) is 0 Å². The molecule has 0 fully saturated rings. The van der Waals surface area contributed by atoms with Crippen LogP contribution in [0.2, 0.25) is 0 Å². The molecule has 2 N–H and O–H groups in total. The summed E-state index contributed by atoms with van der Waals surface area (Å²) in [6, 6.07) is 18.1. The predicted molar refractivity (Wildman–Crippen MR) is 144 cm³/mol. The lowest BCUT2D eigenvalue weighted by molar-refractivity contribution is 0.282. The molecular weight excluding hydrogens is 420 g/mol. The van der Waals surface area contributed by atoms with Crippen molar-refractivity contribution in [3.8, 4) is 5.75 Å². The Kier molecular flexibility index (Phi) is 11.8. The van der Waals surface area contributed by atoms with Crippen LogP contribution in [-0.2, 0) is 0 Å². The van der Waals surface area contributed by atoms with Crippen LogP contribution >= 0.6 is 0 Å². The van der Waals surface area contributed by atoms with Gasteiger partial charge in [0.2, 0.25) is 0 Å². The molecule has 4 heteroatoms. The van der Waals surface area contributed by atoms with E-state index in [1.807, 2.05) is 48.7 Å². The zero-order valence-electron chi connectivity index (χ0n) is 20.2. The third kappa shape index (κ3) is 10.2. The number of aliphatic hydroxyl groups is 1. The zero-order valence-corrected chi connectivity index (χ0v) is 20.2. The van der Waals surface area contributed by atoms with E-state index in [4.69, 9.17) is 9.84 Å². The monoisotopic (exact) mass is 458 g/mol. The Hall–Kier alpha value is -3.11. The molecule has 0 radical (unpaired) electrons. The molecule has 0 bridgehead atoms. The highest BCUT2D eigenvalue weighted by atomic mass is 16.5. The van der Waals surface area contributed by atoms with Gasteiger partial charge in [0, 0.05) is 24.7 Å². The minimum atomic E-state index is 0.327. The molecule has 1 aliphatic carbocycles. The van der Waals surface area contributed by atoms with Crippen LogP contribution < -0.4 is 10.1 Å². The molecule has 0 atom stereocenters. The molecule has 0 aliphatic heterocycles. The second-order valence-electron chi connectivity index (χ2n) is 8.62. The van der Waals surface area contributed by atoms with E-state index >= 15 is 0 Å². The Balaban J connectivity index is 1.29. The van der Waals surface area contributed by atoms with Crippen LogP contribution in [0.1, 0.15) is 57.8 Å². The van der Waals surface area contributed by atoms with Crippen LogP contribution in [0, 0.1) is 0 Å². The van der Waals surface area contributed by atoms with Gasteiger partial charge < -0.3 is 15.2 Å². The molecule has 0 saturated carbocycles. The van der Waals surface area contributed by atoms with Gasteiger partial charge in [-0.2, -0.15) is 0 Å². The molecule has 34 heavy (non-hydrogen) atoms. The van der Waals surface area contributed by atoms with E-state index in [2.05, 4.69) is 46.9 Å². The molecule has 0 heterocycles. The lowest BCUT2D eigenvalue weighted by Crippen LogP contribution is -1.98. The van der Waals surface area contributed by atoms with E-state index in [-0.39, 0.29) is 0 Å². The van der Waals surface area contributed by atoms with Crippen LogP contribution in [0.15, 0.2) is 95.2 Å². The first-order valence-corrected chi connectivity index (χ1v) is 12.6. The van der Waals surface area contributed by atoms with Gasteiger partial charge in [-0.1, -0.05) is 75.0 Å².